The zero-order valence-corrected chi connectivity index (χ0v) is 18.1. The third-order valence-electron chi connectivity index (χ3n) is 5.09. The molecule has 3 rings (SSSR count). The molecule has 1 aromatic carbocycles. The minimum absolute atomic E-state index is 0.0123. The maximum atomic E-state index is 12.9. The number of carbonyl (C=O) groups excluding carboxylic acids is 1. The Balaban J connectivity index is 1.96. The molecule has 1 aromatic heterocycles. The van der Waals surface area contributed by atoms with Crippen molar-refractivity contribution in [1.82, 2.24) is 14.5 Å². The predicted molar refractivity (Wildman–Crippen MR) is 114 cm³/mol. The number of nitrogens with zero attached hydrogens (tertiary/aromatic N) is 3. The van der Waals surface area contributed by atoms with Crippen molar-refractivity contribution in [2.45, 2.75) is 57.9 Å². The Labute approximate surface area is 179 Å². The van der Waals surface area contributed by atoms with Crippen LogP contribution < -0.4 is 10.3 Å². The number of aliphatic carboxylic acids is 1. The molecule has 0 aliphatic carbocycles. The Hall–Kier alpha value is -3.36. The molecule has 31 heavy (non-hydrogen) atoms. The zero-order valence-electron chi connectivity index (χ0n) is 18.1. The molecule has 2 aromatic rings. The Morgan fingerprint density at radius 2 is 2.03 bits per heavy atom. The van der Waals surface area contributed by atoms with Crippen LogP contribution in [0.2, 0.25) is 0 Å². The average molecular weight is 429 g/mol. The van der Waals surface area contributed by atoms with Gasteiger partial charge in [-0.2, -0.15) is 4.98 Å². The van der Waals surface area contributed by atoms with E-state index >= 15 is 0 Å². The van der Waals surface area contributed by atoms with Gasteiger partial charge in [0.15, 0.2) is 0 Å². The maximum Gasteiger partial charge on any atom is 0.411 e. The molecule has 1 aliphatic heterocycles. The molecule has 9 heteroatoms. The van der Waals surface area contributed by atoms with Gasteiger partial charge in [0.05, 0.1) is 17.4 Å². The number of allylic oxidation sites excluding steroid dienone is 1. The van der Waals surface area contributed by atoms with E-state index in [1.807, 2.05) is 0 Å². The number of likely N-dealkylation sites (tertiary alicyclic amines) is 1. The Morgan fingerprint density at radius 3 is 2.65 bits per heavy atom. The van der Waals surface area contributed by atoms with Crippen LogP contribution >= 0.6 is 0 Å². The maximum absolute atomic E-state index is 12.9. The third kappa shape index (κ3) is 4.40. The van der Waals surface area contributed by atoms with Crippen molar-refractivity contribution >= 4 is 23.0 Å². The second kappa shape index (κ2) is 8.05. The molecule has 1 aliphatic rings. The lowest BCUT2D eigenvalue weighted by molar-refractivity contribution is -0.148. The van der Waals surface area contributed by atoms with E-state index in [1.54, 1.807) is 51.1 Å². The molecule has 1 amide bonds. The smallest absolute Gasteiger partial charge is 0.411 e. The summed E-state index contributed by atoms with van der Waals surface area (Å²) in [7, 11) is 0. The summed E-state index contributed by atoms with van der Waals surface area (Å²) >= 11 is 0. The number of carboxylic acids is 1. The van der Waals surface area contributed by atoms with Crippen LogP contribution in [-0.2, 0) is 16.1 Å². The third-order valence-corrected chi connectivity index (χ3v) is 5.09. The number of benzene rings is 1. The highest BCUT2D eigenvalue weighted by molar-refractivity contribution is 5.85. The topological polar surface area (TPSA) is 111 Å². The van der Waals surface area contributed by atoms with E-state index in [0.29, 0.717) is 10.9 Å². The first-order chi connectivity index (χ1) is 14.5. The monoisotopic (exact) mass is 429 g/mol. The molecular weight excluding hydrogens is 402 g/mol. The number of para-hydroxylation sites is 1. The van der Waals surface area contributed by atoms with Gasteiger partial charge in [-0.1, -0.05) is 18.2 Å². The molecule has 2 atom stereocenters. The summed E-state index contributed by atoms with van der Waals surface area (Å²) in [4.78, 5) is 43.2. The van der Waals surface area contributed by atoms with E-state index in [2.05, 4.69) is 11.6 Å². The standard InChI is InChI=1S/C22H27N3O6/c1-6-11-24-17(26)15-9-7-8-10-16(15)23-19(24)30-14-12-22(5,18(27)28)25(13-14)20(29)31-21(2,3)4/h6-10,14H,1,11-13H2,2-5H3,(H,27,28)/t14-,22+/m1/s1. The number of carbonyl (C=O) groups is 2. The van der Waals surface area contributed by atoms with E-state index in [-0.39, 0.29) is 31.1 Å². The SMILES string of the molecule is C=CCn1c(O[C@H]2CN(C(=O)OC(C)(C)C)[C@](C)(C(=O)O)C2)nc2ccccc2c1=O. The van der Waals surface area contributed by atoms with Crippen molar-refractivity contribution in [1.29, 1.82) is 0 Å². The summed E-state index contributed by atoms with van der Waals surface area (Å²) in [5.41, 5.74) is -2.12. The van der Waals surface area contributed by atoms with Crippen molar-refractivity contribution in [2.75, 3.05) is 6.54 Å². The van der Waals surface area contributed by atoms with Gasteiger partial charge < -0.3 is 14.6 Å². The predicted octanol–water partition coefficient (Wildman–Crippen LogP) is 2.81. The van der Waals surface area contributed by atoms with Crippen molar-refractivity contribution in [3.05, 3.63) is 47.3 Å². The van der Waals surface area contributed by atoms with Crippen LogP contribution in [0.15, 0.2) is 41.7 Å². The molecule has 1 N–H and O–H groups in total. The van der Waals surface area contributed by atoms with Gasteiger partial charge in [-0.3, -0.25) is 14.3 Å². The minimum Gasteiger partial charge on any atom is -0.480 e. The van der Waals surface area contributed by atoms with Gasteiger partial charge in [0.25, 0.3) is 11.6 Å². The Kier molecular flexibility index (Phi) is 5.80. The van der Waals surface area contributed by atoms with Crippen LogP contribution in [0.1, 0.15) is 34.1 Å². The van der Waals surface area contributed by atoms with E-state index in [0.717, 1.165) is 4.90 Å². The number of aromatic nitrogens is 2. The fraction of sp³-hybridized carbons (Fsp3) is 0.455. The fourth-order valence-electron chi connectivity index (χ4n) is 3.57. The molecule has 1 fully saturated rings. The number of rotatable bonds is 5. The summed E-state index contributed by atoms with van der Waals surface area (Å²) in [6.45, 7) is 10.4. The number of amides is 1. The molecule has 0 spiro atoms. The molecule has 0 unspecified atom stereocenters. The first-order valence-electron chi connectivity index (χ1n) is 9.97. The lowest BCUT2D eigenvalue weighted by Gasteiger charge is -2.32. The minimum atomic E-state index is -1.52. The lowest BCUT2D eigenvalue weighted by atomic mass is 9.99. The van der Waals surface area contributed by atoms with Crippen molar-refractivity contribution in [3.8, 4) is 6.01 Å². The van der Waals surface area contributed by atoms with E-state index in [1.165, 1.54) is 11.5 Å². The molecule has 166 valence electrons. The highest BCUT2D eigenvalue weighted by Gasteiger charge is 2.52. The summed E-state index contributed by atoms with van der Waals surface area (Å²) < 4.78 is 12.7. The molecule has 0 bridgehead atoms. The Bertz CT molecular complexity index is 1090. The first-order valence-corrected chi connectivity index (χ1v) is 9.97. The van der Waals surface area contributed by atoms with Crippen LogP contribution in [0.5, 0.6) is 6.01 Å². The highest BCUT2D eigenvalue weighted by Crippen LogP contribution is 2.33. The van der Waals surface area contributed by atoms with Crippen LogP contribution in [0.25, 0.3) is 10.9 Å². The second-order valence-corrected chi connectivity index (χ2v) is 8.73. The fourth-order valence-corrected chi connectivity index (χ4v) is 3.57. The summed E-state index contributed by atoms with van der Waals surface area (Å²) in [6.07, 6.45) is 0.128. The number of hydrogen-bond donors (Lipinski definition) is 1. The molecule has 2 heterocycles. The number of hydrogen-bond acceptors (Lipinski definition) is 6. The molecule has 0 saturated carbocycles. The number of ether oxygens (including phenoxy) is 2. The van der Waals surface area contributed by atoms with Crippen LogP contribution in [-0.4, -0.2) is 55.4 Å². The number of fused-ring (bicyclic) bond motifs is 1. The summed E-state index contributed by atoms with van der Waals surface area (Å²) in [5.74, 6) is -1.17. The first kappa shape index (κ1) is 22.3. The zero-order chi connectivity index (χ0) is 23.0. The summed E-state index contributed by atoms with van der Waals surface area (Å²) in [6, 6.07) is 6.93. The van der Waals surface area contributed by atoms with Gasteiger partial charge in [0, 0.05) is 13.0 Å². The van der Waals surface area contributed by atoms with Gasteiger partial charge in [0.1, 0.15) is 17.2 Å². The second-order valence-electron chi connectivity index (χ2n) is 8.73. The van der Waals surface area contributed by atoms with Crippen molar-refractivity contribution < 1.29 is 24.2 Å². The van der Waals surface area contributed by atoms with E-state index in [9.17, 15) is 19.5 Å². The van der Waals surface area contributed by atoms with Gasteiger partial charge in [-0.25, -0.2) is 9.59 Å². The lowest BCUT2D eigenvalue weighted by Crippen LogP contribution is -2.52. The molecule has 9 nitrogen and oxygen atoms in total. The molecule has 0 radical (unpaired) electrons. The van der Waals surface area contributed by atoms with Crippen LogP contribution in [0.3, 0.4) is 0 Å². The quantitative estimate of drug-likeness (QED) is 0.728. The van der Waals surface area contributed by atoms with Crippen molar-refractivity contribution in [2.24, 2.45) is 0 Å². The largest absolute Gasteiger partial charge is 0.480 e. The van der Waals surface area contributed by atoms with E-state index in [4.69, 9.17) is 9.47 Å². The van der Waals surface area contributed by atoms with E-state index < -0.39 is 29.3 Å². The molecular formula is C22H27N3O6. The van der Waals surface area contributed by atoms with Gasteiger partial charge in [-0.15, -0.1) is 6.58 Å². The van der Waals surface area contributed by atoms with Gasteiger partial charge in [0.2, 0.25) is 0 Å². The van der Waals surface area contributed by atoms with Gasteiger partial charge >= 0.3 is 12.1 Å². The van der Waals surface area contributed by atoms with Crippen LogP contribution in [0.4, 0.5) is 4.79 Å². The summed E-state index contributed by atoms with van der Waals surface area (Å²) in [5, 5.41) is 10.2. The molecule has 1 saturated heterocycles. The van der Waals surface area contributed by atoms with Crippen LogP contribution in [0, 0.1) is 0 Å². The van der Waals surface area contributed by atoms with Crippen molar-refractivity contribution in [3.63, 3.8) is 0 Å². The Morgan fingerprint density at radius 1 is 1.35 bits per heavy atom. The number of carboxylic acid groups (broad SMARTS) is 1. The highest BCUT2D eigenvalue weighted by atomic mass is 16.6. The normalized spacial score (nSPS) is 21.2. The average Bonchev–Trinajstić information content (AvgIpc) is 3.01. The van der Waals surface area contributed by atoms with Gasteiger partial charge in [-0.05, 0) is 39.8 Å².